The number of carbonyl (C=O) groups excluding carboxylic acids is 1. The molecule has 1 heterocycles. The number of amides is 1. The van der Waals surface area contributed by atoms with E-state index in [1.54, 1.807) is 13.2 Å². The molecular weight excluding hydrogens is 295 g/mol. The molecule has 2 aromatic rings. The molecule has 0 aliphatic carbocycles. The molecule has 0 aliphatic heterocycles. The number of halogens is 2. The summed E-state index contributed by atoms with van der Waals surface area (Å²) in [6.45, 7) is 0.392. The molecule has 1 aromatic carbocycles. The molecule has 0 spiro atoms. The Labute approximate surface area is 126 Å². The average Bonchev–Trinajstić information content (AvgIpc) is 2.48. The number of hydrogen-bond donors (Lipinski definition) is 1. The number of phenolic OH excluding ortho intramolecular Hbond substituents is 1. The molecule has 0 atom stereocenters. The Morgan fingerprint density at radius 1 is 1.43 bits per heavy atom. The SMILES string of the molecule is CN(CCc1ccccn1)C(=O)c1cc(F)cc(Cl)c1O. The molecule has 0 radical (unpaired) electrons. The number of likely N-dealkylation sites (N-methyl/N-ethyl adjacent to an activating group) is 1. The van der Waals surface area contributed by atoms with Gasteiger partial charge in [-0.25, -0.2) is 4.39 Å². The second-order valence-electron chi connectivity index (χ2n) is 4.58. The lowest BCUT2D eigenvalue weighted by Gasteiger charge is -2.18. The van der Waals surface area contributed by atoms with E-state index in [1.807, 2.05) is 18.2 Å². The normalized spacial score (nSPS) is 10.4. The van der Waals surface area contributed by atoms with Crippen molar-refractivity contribution in [1.82, 2.24) is 9.88 Å². The molecule has 2 rings (SSSR count). The molecule has 4 nitrogen and oxygen atoms in total. The third-order valence-electron chi connectivity index (χ3n) is 3.03. The molecule has 0 fully saturated rings. The van der Waals surface area contributed by atoms with Gasteiger partial charge in [0, 0.05) is 31.9 Å². The quantitative estimate of drug-likeness (QED) is 0.945. The molecule has 0 bridgehead atoms. The summed E-state index contributed by atoms with van der Waals surface area (Å²) in [5.41, 5.74) is 0.696. The van der Waals surface area contributed by atoms with Gasteiger partial charge in [-0.15, -0.1) is 0 Å². The Hall–Kier alpha value is -2.14. The molecule has 0 aliphatic rings. The summed E-state index contributed by atoms with van der Waals surface area (Å²) in [6, 6.07) is 7.46. The standard InChI is InChI=1S/C15H14ClFN2O2/c1-19(7-5-11-4-2-3-6-18-11)15(21)12-8-10(17)9-13(16)14(12)20/h2-4,6,8-9,20H,5,7H2,1H3. The van der Waals surface area contributed by atoms with Crippen LogP contribution < -0.4 is 0 Å². The number of rotatable bonds is 4. The van der Waals surface area contributed by atoms with Crippen LogP contribution in [0.3, 0.4) is 0 Å². The number of carbonyl (C=O) groups is 1. The van der Waals surface area contributed by atoms with Gasteiger partial charge < -0.3 is 10.0 Å². The van der Waals surface area contributed by atoms with Crippen molar-refractivity contribution in [2.75, 3.05) is 13.6 Å². The first kappa shape index (κ1) is 15.3. The third-order valence-corrected chi connectivity index (χ3v) is 3.32. The molecule has 1 amide bonds. The third kappa shape index (κ3) is 3.70. The first-order chi connectivity index (χ1) is 9.99. The van der Waals surface area contributed by atoms with Crippen LogP contribution in [0.4, 0.5) is 4.39 Å². The number of benzene rings is 1. The van der Waals surface area contributed by atoms with Gasteiger partial charge in [0.15, 0.2) is 0 Å². The summed E-state index contributed by atoms with van der Waals surface area (Å²) in [4.78, 5) is 17.8. The number of aromatic nitrogens is 1. The van der Waals surface area contributed by atoms with Gasteiger partial charge in [0.1, 0.15) is 11.6 Å². The van der Waals surface area contributed by atoms with E-state index in [-0.39, 0.29) is 10.6 Å². The van der Waals surface area contributed by atoms with Gasteiger partial charge in [0.2, 0.25) is 0 Å². The van der Waals surface area contributed by atoms with Gasteiger partial charge in [0.05, 0.1) is 10.6 Å². The zero-order chi connectivity index (χ0) is 15.4. The smallest absolute Gasteiger partial charge is 0.257 e. The van der Waals surface area contributed by atoms with Gasteiger partial charge in [-0.1, -0.05) is 17.7 Å². The van der Waals surface area contributed by atoms with Crippen molar-refractivity contribution in [2.24, 2.45) is 0 Å². The minimum atomic E-state index is -0.667. The highest BCUT2D eigenvalue weighted by Gasteiger charge is 2.19. The zero-order valence-corrected chi connectivity index (χ0v) is 12.1. The van der Waals surface area contributed by atoms with E-state index in [4.69, 9.17) is 11.6 Å². The number of hydrogen-bond acceptors (Lipinski definition) is 3. The summed E-state index contributed by atoms with van der Waals surface area (Å²) in [7, 11) is 1.57. The largest absolute Gasteiger partial charge is 0.506 e. The number of aromatic hydroxyl groups is 1. The van der Waals surface area contributed by atoms with Crippen LogP contribution in [0.5, 0.6) is 5.75 Å². The van der Waals surface area contributed by atoms with Gasteiger partial charge in [-0.05, 0) is 24.3 Å². The number of pyridine rings is 1. The molecule has 0 saturated heterocycles. The summed E-state index contributed by atoms with van der Waals surface area (Å²) >= 11 is 5.67. The van der Waals surface area contributed by atoms with Crippen molar-refractivity contribution in [3.05, 3.63) is 58.6 Å². The Morgan fingerprint density at radius 3 is 2.86 bits per heavy atom. The molecule has 21 heavy (non-hydrogen) atoms. The molecule has 0 saturated carbocycles. The van der Waals surface area contributed by atoms with E-state index < -0.39 is 17.5 Å². The summed E-state index contributed by atoms with van der Waals surface area (Å²) < 4.78 is 13.3. The van der Waals surface area contributed by atoms with Crippen LogP contribution in [0.1, 0.15) is 16.1 Å². The van der Waals surface area contributed by atoms with Gasteiger partial charge in [-0.2, -0.15) is 0 Å². The molecular formula is C15H14ClFN2O2. The lowest BCUT2D eigenvalue weighted by atomic mass is 10.1. The van der Waals surface area contributed by atoms with E-state index >= 15 is 0 Å². The zero-order valence-electron chi connectivity index (χ0n) is 11.4. The Kier molecular flexibility index (Phi) is 4.75. The molecule has 1 aromatic heterocycles. The fourth-order valence-electron chi connectivity index (χ4n) is 1.86. The highest BCUT2D eigenvalue weighted by atomic mass is 35.5. The van der Waals surface area contributed by atoms with Crippen molar-refractivity contribution in [3.8, 4) is 5.75 Å². The Morgan fingerprint density at radius 2 is 2.19 bits per heavy atom. The molecule has 1 N–H and O–H groups in total. The predicted octanol–water partition coefficient (Wildman–Crippen LogP) is 2.89. The van der Waals surface area contributed by atoms with Crippen molar-refractivity contribution < 1.29 is 14.3 Å². The first-order valence-corrected chi connectivity index (χ1v) is 6.70. The minimum absolute atomic E-state index is 0.150. The van der Waals surface area contributed by atoms with E-state index in [2.05, 4.69) is 4.98 Å². The van der Waals surface area contributed by atoms with Crippen LogP contribution in [0.15, 0.2) is 36.5 Å². The maximum atomic E-state index is 13.3. The van der Waals surface area contributed by atoms with Gasteiger partial charge in [0.25, 0.3) is 5.91 Å². The molecule has 6 heteroatoms. The van der Waals surface area contributed by atoms with Gasteiger partial charge in [-0.3, -0.25) is 9.78 Å². The summed E-state index contributed by atoms with van der Waals surface area (Å²) in [5, 5.41) is 9.58. The first-order valence-electron chi connectivity index (χ1n) is 6.32. The predicted molar refractivity (Wildman–Crippen MR) is 78.0 cm³/mol. The van der Waals surface area contributed by atoms with Crippen LogP contribution in [0, 0.1) is 5.82 Å². The van der Waals surface area contributed by atoms with E-state index in [1.165, 1.54) is 4.90 Å². The lowest BCUT2D eigenvalue weighted by molar-refractivity contribution is 0.0793. The lowest BCUT2D eigenvalue weighted by Crippen LogP contribution is -2.29. The van der Waals surface area contributed by atoms with Crippen LogP contribution in [-0.4, -0.2) is 34.5 Å². The topological polar surface area (TPSA) is 53.4 Å². The van der Waals surface area contributed by atoms with E-state index in [9.17, 15) is 14.3 Å². The fourth-order valence-corrected chi connectivity index (χ4v) is 2.07. The fraction of sp³-hybridized carbons (Fsp3) is 0.200. The highest BCUT2D eigenvalue weighted by molar-refractivity contribution is 6.32. The minimum Gasteiger partial charge on any atom is -0.506 e. The van der Waals surface area contributed by atoms with Crippen LogP contribution in [0.25, 0.3) is 0 Å². The molecule has 0 unspecified atom stereocenters. The monoisotopic (exact) mass is 308 g/mol. The molecule has 110 valence electrons. The Bertz CT molecular complexity index is 650. The van der Waals surface area contributed by atoms with Crippen LogP contribution in [-0.2, 0) is 6.42 Å². The van der Waals surface area contributed by atoms with E-state index in [0.29, 0.717) is 13.0 Å². The van der Waals surface area contributed by atoms with Crippen molar-refractivity contribution in [3.63, 3.8) is 0 Å². The van der Waals surface area contributed by atoms with Crippen LogP contribution >= 0.6 is 11.6 Å². The summed E-state index contributed by atoms with van der Waals surface area (Å²) in [5.74, 6) is -1.57. The highest BCUT2D eigenvalue weighted by Crippen LogP contribution is 2.29. The average molecular weight is 309 g/mol. The maximum absolute atomic E-state index is 13.3. The maximum Gasteiger partial charge on any atom is 0.257 e. The van der Waals surface area contributed by atoms with Crippen molar-refractivity contribution >= 4 is 17.5 Å². The van der Waals surface area contributed by atoms with Crippen molar-refractivity contribution in [1.29, 1.82) is 0 Å². The summed E-state index contributed by atoms with van der Waals surface area (Å²) in [6.07, 6.45) is 2.24. The van der Waals surface area contributed by atoms with Gasteiger partial charge >= 0.3 is 0 Å². The number of nitrogens with zero attached hydrogens (tertiary/aromatic N) is 2. The van der Waals surface area contributed by atoms with Crippen LogP contribution in [0.2, 0.25) is 5.02 Å². The van der Waals surface area contributed by atoms with E-state index in [0.717, 1.165) is 17.8 Å². The number of phenols is 1. The second-order valence-corrected chi connectivity index (χ2v) is 4.99. The van der Waals surface area contributed by atoms with Crippen molar-refractivity contribution in [2.45, 2.75) is 6.42 Å². The second kappa shape index (κ2) is 6.54. The Balaban J connectivity index is 2.09.